The molecule has 208 valence electrons. The Morgan fingerprint density at radius 2 is 1.74 bits per heavy atom. The number of aryl methyl sites for hydroxylation is 1. The van der Waals surface area contributed by atoms with Gasteiger partial charge in [-0.1, -0.05) is 19.1 Å². The number of piperazine rings is 1. The maximum atomic E-state index is 13.6. The summed E-state index contributed by atoms with van der Waals surface area (Å²) in [5, 5.41) is 7.53. The first-order chi connectivity index (χ1) is 18.7. The van der Waals surface area contributed by atoms with E-state index in [1.807, 2.05) is 14.5 Å². The molecule has 3 heterocycles. The van der Waals surface area contributed by atoms with Crippen LogP contribution in [0.2, 0.25) is 0 Å². The van der Waals surface area contributed by atoms with Crippen LogP contribution in [0, 0.1) is 25.7 Å². The molecular weight excluding hydrogens is 494 g/mol. The minimum absolute atomic E-state index is 0.00410. The standard InChI is InChI=1S/C29H39N7O3/c1-17-5-4-6-22(18(17)2)33-11-13-34(14-12-33)24(37)16-36-23-15-21-19(3)25(21)26(23)27(32-36)28(38)35-9-7-20(8-10-35)31-29(30)39/h4-6,19-21,25H,7-16H2,1-3H3,(H3,30,31,39). The van der Waals surface area contributed by atoms with E-state index in [4.69, 9.17) is 10.8 Å². The molecule has 39 heavy (non-hydrogen) atoms. The molecule has 4 amide bonds. The molecule has 3 fully saturated rings. The van der Waals surface area contributed by atoms with Crippen LogP contribution in [0.15, 0.2) is 18.2 Å². The molecule has 3 atom stereocenters. The first-order valence-corrected chi connectivity index (χ1v) is 14.3. The van der Waals surface area contributed by atoms with Crippen LogP contribution in [0.25, 0.3) is 0 Å². The summed E-state index contributed by atoms with van der Waals surface area (Å²) in [6.45, 7) is 10.8. The van der Waals surface area contributed by atoms with Crippen molar-refractivity contribution in [1.82, 2.24) is 24.9 Å². The monoisotopic (exact) mass is 533 g/mol. The van der Waals surface area contributed by atoms with Crippen molar-refractivity contribution in [3.8, 4) is 0 Å². The quantitative estimate of drug-likeness (QED) is 0.610. The molecule has 1 aromatic carbocycles. The molecule has 10 heteroatoms. The number of hydrogen-bond acceptors (Lipinski definition) is 5. The summed E-state index contributed by atoms with van der Waals surface area (Å²) in [7, 11) is 0. The zero-order valence-electron chi connectivity index (χ0n) is 23.2. The Balaban J connectivity index is 1.13. The Kier molecular flexibility index (Phi) is 6.51. The van der Waals surface area contributed by atoms with Crippen molar-refractivity contribution in [2.24, 2.45) is 17.6 Å². The van der Waals surface area contributed by atoms with Crippen LogP contribution in [0.1, 0.15) is 58.6 Å². The zero-order valence-corrected chi connectivity index (χ0v) is 23.2. The molecule has 3 N–H and O–H groups in total. The predicted molar refractivity (Wildman–Crippen MR) is 148 cm³/mol. The second-order valence-electron chi connectivity index (χ2n) is 11.8. The van der Waals surface area contributed by atoms with Crippen LogP contribution in [0.5, 0.6) is 0 Å². The van der Waals surface area contributed by atoms with Gasteiger partial charge in [-0.2, -0.15) is 5.10 Å². The van der Waals surface area contributed by atoms with E-state index in [2.05, 4.69) is 49.2 Å². The van der Waals surface area contributed by atoms with Crippen LogP contribution in [0.3, 0.4) is 0 Å². The number of amides is 4. The maximum absolute atomic E-state index is 13.6. The van der Waals surface area contributed by atoms with E-state index < -0.39 is 6.03 Å². The minimum atomic E-state index is -0.526. The largest absolute Gasteiger partial charge is 0.368 e. The minimum Gasteiger partial charge on any atom is -0.368 e. The first-order valence-electron chi connectivity index (χ1n) is 14.3. The van der Waals surface area contributed by atoms with E-state index >= 15 is 0 Å². The SMILES string of the molecule is Cc1cccc(N2CCN(C(=O)Cn3nc(C(=O)N4CCC(NC(N)=O)CC4)c4c3CC3C(C)C43)CC2)c1C. The fourth-order valence-electron chi connectivity index (χ4n) is 7.00. The third-order valence-corrected chi connectivity index (χ3v) is 9.59. The Morgan fingerprint density at radius 3 is 2.44 bits per heavy atom. The van der Waals surface area contributed by atoms with Gasteiger partial charge in [0, 0.05) is 62.3 Å². The van der Waals surface area contributed by atoms with Crippen LogP contribution < -0.4 is 16.0 Å². The molecule has 0 radical (unpaired) electrons. The Bertz CT molecular complexity index is 1300. The number of nitrogens with two attached hydrogens (primary N) is 1. The second-order valence-corrected chi connectivity index (χ2v) is 11.8. The van der Waals surface area contributed by atoms with Crippen molar-refractivity contribution >= 4 is 23.5 Å². The van der Waals surface area contributed by atoms with Gasteiger partial charge in [0.05, 0.1) is 0 Å². The number of hydrogen-bond donors (Lipinski definition) is 2. The number of carbonyl (C=O) groups is 3. The van der Waals surface area contributed by atoms with E-state index in [0.29, 0.717) is 62.5 Å². The van der Waals surface area contributed by atoms with E-state index in [1.54, 1.807) is 0 Å². The van der Waals surface area contributed by atoms with Crippen molar-refractivity contribution < 1.29 is 14.4 Å². The number of benzene rings is 1. The van der Waals surface area contributed by atoms with E-state index in [-0.39, 0.29) is 24.4 Å². The summed E-state index contributed by atoms with van der Waals surface area (Å²) in [5.74, 6) is 1.49. The second kappa shape index (κ2) is 9.88. The lowest BCUT2D eigenvalue weighted by Crippen LogP contribution is -2.50. The van der Waals surface area contributed by atoms with E-state index in [1.165, 1.54) is 16.8 Å². The highest BCUT2D eigenvalue weighted by Crippen LogP contribution is 2.62. The summed E-state index contributed by atoms with van der Waals surface area (Å²) >= 11 is 0. The topological polar surface area (TPSA) is 117 Å². The molecule has 1 aromatic heterocycles. The lowest BCUT2D eigenvalue weighted by atomic mass is 10.0. The average molecular weight is 534 g/mol. The fourth-order valence-corrected chi connectivity index (χ4v) is 7.00. The van der Waals surface area contributed by atoms with Gasteiger partial charge in [-0.25, -0.2) is 4.79 Å². The van der Waals surface area contributed by atoms with Gasteiger partial charge in [0.15, 0.2) is 5.69 Å². The molecule has 2 saturated heterocycles. The molecule has 1 saturated carbocycles. The highest BCUT2D eigenvalue weighted by Gasteiger charge is 2.56. The van der Waals surface area contributed by atoms with Gasteiger partial charge in [-0.15, -0.1) is 0 Å². The average Bonchev–Trinajstić information content (AvgIpc) is 3.23. The van der Waals surface area contributed by atoms with Crippen molar-refractivity contribution in [2.75, 3.05) is 44.2 Å². The Labute approximate surface area is 229 Å². The molecule has 0 bridgehead atoms. The molecule has 3 unspecified atom stereocenters. The normalized spacial score (nSPS) is 24.4. The third kappa shape index (κ3) is 4.63. The van der Waals surface area contributed by atoms with Gasteiger partial charge in [0.25, 0.3) is 5.91 Å². The van der Waals surface area contributed by atoms with Gasteiger partial charge in [-0.3, -0.25) is 14.3 Å². The lowest BCUT2D eigenvalue weighted by molar-refractivity contribution is -0.132. The molecule has 6 rings (SSSR count). The molecule has 0 spiro atoms. The maximum Gasteiger partial charge on any atom is 0.312 e. The van der Waals surface area contributed by atoms with Gasteiger partial charge in [0.1, 0.15) is 6.54 Å². The number of nitrogens with one attached hydrogen (secondary N) is 1. The number of fused-ring (bicyclic) bond motifs is 3. The van der Waals surface area contributed by atoms with Crippen LogP contribution >= 0.6 is 0 Å². The third-order valence-electron chi connectivity index (χ3n) is 9.59. The number of urea groups is 1. The van der Waals surface area contributed by atoms with Crippen molar-refractivity contribution in [2.45, 2.75) is 58.5 Å². The van der Waals surface area contributed by atoms with Crippen LogP contribution in [0.4, 0.5) is 10.5 Å². The van der Waals surface area contributed by atoms with Gasteiger partial charge in [0.2, 0.25) is 5.91 Å². The summed E-state index contributed by atoms with van der Waals surface area (Å²) in [6.07, 6.45) is 2.24. The molecular formula is C29H39N7O3. The molecule has 2 aliphatic carbocycles. The number of primary amides is 1. The number of anilines is 1. The highest BCUT2D eigenvalue weighted by molar-refractivity contribution is 5.95. The van der Waals surface area contributed by atoms with Crippen molar-refractivity contribution in [3.05, 3.63) is 46.3 Å². The number of carbonyl (C=O) groups excluding carboxylic acids is 3. The van der Waals surface area contributed by atoms with Crippen molar-refractivity contribution in [1.29, 1.82) is 0 Å². The molecule has 4 aliphatic rings. The summed E-state index contributed by atoms with van der Waals surface area (Å²) < 4.78 is 1.82. The first kappa shape index (κ1) is 25.7. The lowest BCUT2D eigenvalue weighted by Gasteiger charge is -2.37. The number of rotatable bonds is 5. The predicted octanol–water partition coefficient (Wildman–Crippen LogP) is 2.03. The summed E-state index contributed by atoms with van der Waals surface area (Å²) in [4.78, 5) is 44.4. The smallest absolute Gasteiger partial charge is 0.312 e. The van der Waals surface area contributed by atoms with Crippen LogP contribution in [-0.4, -0.2) is 82.7 Å². The number of piperidine rings is 1. The fraction of sp³-hybridized carbons (Fsp3) is 0.586. The zero-order chi connectivity index (χ0) is 27.4. The summed E-state index contributed by atoms with van der Waals surface area (Å²) in [6, 6.07) is 5.86. The number of nitrogens with zero attached hydrogens (tertiary/aromatic N) is 5. The van der Waals surface area contributed by atoms with E-state index in [9.17, 15) is 14.4 Å². The number of aromatic nitrogens is 2. The van der Waals surface area contributed by atoms with Gasteiger partial charge >= 0.3 is 6.03 Å². The Morgan fingerprint density at radius 1 is 1.03 bits per heavy atom. The van der Waals surface area contributed by atoms with E-state index in [0.717, 1.165) is 30.8 Å². The highest BCUT2D eigenvalue weighted by atomic mass is 16.2. The number of likely N-dealkylation sites (tertiary alicyclic amines) is 1. The summed E-state index contributed by atoms with van der Waals surface area (Å²) in [5.41, 5.74) is 11.8. The van der Waals surface area contributed by atoms with Gasteiger partial charge in [-0.05, 0) is 68.1 Å². The van der Waals surface area contributed by atoms with Crippen LogP contribution in [-0.2, 0) is 17.8 Å². The Hall–Kier alpha value is -3.56. The van der Waals surface area contributed by atoms with Crippen molar-refractivity contribution in [3.63, 3.8) is 0 Å². The molecule has 10 nitrogen and oxygen atoms in total. The molecule has 2 aromatic rings. The van der Waals surface area contributed by atoms with Gasteiger partial charge < -0.3 is 25.8 Å². The molecule has 2 aliphatic heterocycles.